The molecule has 0 bridgehead atoms. The van der Waals surface area contributed by atoms with E-state index in [1.54, 1.807) is 0 Å². The van der Waals surface area contributed by atoms with Crippen molar-refractivity contribution in [3.05, 3.63) is 12.7 Å². The lowest BCUT2D eigenvalue weighted by Gasteiger charge is -2.27. The number of phosphoric acid groups is 1. The van der Waals surface area contributed by atoms with Crippen molar-refractivity contribution in [2.45, 2.75) is 25.2 Å². The van der Waals surface area contributed by atoms with Gasteiger partial charge in [-0.3, -0.25) is 4.52 Å². The molecule has 0 saturated heterocycles. The fraction of sp³-hybridized carbons (Fsp3) is 0.600. The van der Waals surface area contributed by atoms with Gasteiger partial charge < -0.3 is 19.3 Å². The summed E-state index contributed by atoms with van der Waals surface area (Å²) >= 11 is 0. The zero-order chi connectivity index (χ0) is 15.1. The van der Waals surface area contributed by atoms with Crippen molar-refractivity contribution in [3.8, 4) is 12.3 Å². The Labute approximate surface area is 109 Å². The predicted molar refractivity (Wildman–Crippen MR) is 62.3 cm³/mol. The van der Waals surface area contributed by atoms with Crippen molar-refractivity contribution in [2.24, 2.45) is 0 Å². The Morgan fingerprint density at radius 3 is 2.58 bits per heavy atom. The first-order chi connectivity index (χ1) is 8.62. The first kappa shape index (κ1) is 18.2. The molecule has 0 aromatic carbocycles. The van der Waals surface area contributed by atoms with Crippen molar-refractivity contribution in [1.29, 1.82) is 0 Å². The van der Waals surface area contributed by atoms with Crippen molar-refractivity contribution in [3.63, 3.8) is 0 Å². The zero-order valence-electron chi connectivity index (χ0n) is 10.2. The summed E-state index contributed by atoms with van der Waals surface area (Å²) < 4.78 is 50.7. The SMILES string of the molecule is C#CCOCC(OP(=O)(O)O)C(F)(F)OC(C)C=C. The van der Waals surface area contributed by atoms with Crippen molar-refractivity contribution < 1.29 is 37.1 Å². The molecule has 0 rings (SSSR count). The summed E-state index contributed by atoms with van der Waals surface area (Å²) in [6.45, 7) is 3.37. The Balaban J connectivity index is 4.83. The molecule has 0 saturated carbocycles. The predicted octanol–water partition coefficient (Wildman–Crippen LogP) is 1.30. The number of rotatable bonds is 9. The standard InChI is InChI=1S/C10H15F2O6P/c1-4-6-16-7-9(18-19(13,14)15)10(11,12)17-8(3)5-2/h1,5,8-9H,2,6-7H2,3H3,(H2,13,14,15). The Morgan fingerprint density at radius 1 is 1.58 bits per heavy atom. The van der Waals surface area contributed by atoms with E-state index in [1.165, 1.54) is 6.92 Å². The first-order valence-electron chi connectivity index (χ1n) is 5.05. The largest absolute Gasteiger partial charge is 0.470 e. The van der Waals surface area contributed by atoms with Gasteiger partial charge in [0.05, 0.1) is 12.7 Å². The summed E-state index contributed by atoms with van der Waals surface area (Å²) in [6.07, 6.45) is -1.40. The minimum Gasteiger partial charge on any atom is -0.366 e. The third-order valence-electron chi connectivity index (χ3n) is 1.77. The molecule has 2 unspecified atom stereocenters. The molecule has 0 heterocycles. The molecule has 19 heavy (non-hydrogen) atoms. The van der Waals surface area contributed by atoms with Gasteiger partial charge in [0.1, 0.15) is 6.61 Å². The molecule has 0 aliphatic rings. The van der Waals surface area contributed by atoms with Crippen LogP contribution >= 0.6 is 7.82 Å². The lowest BCUT2D eigenvalue weighted by molar-refractivity contribution is -0.301. The summed E-state index contributed by atoms with van der Waals surface area (Å²) in [5.74, 6) is 2.02. The lowest BCUT2D eigenvalue weighted by Crippen LogP contribution is -2.43. The lowest BCUT2D eigenvalue weighted by atomic mass is 10.3. The van der Waals surface area contributed by atoms with Crippen LogP contribution in [0.2, 0.25) is 0 Å². The number of halogens is 2. The number of phosphoric ester groups is 1. The topological polar surface area (TPSA) is 85.2 Å². The third kappa shape index (κ3) is 8.06. The number of hydrogen-bond acceptors (Lipinski definition) is 4. The average molecular weight is 300 g/mol. The molecule has 0 aromatic rings. The van der Waals surface area contributed by atoms with Gasteiger partial charge in [-0.25, -0.2) is 4.57 Å². The van der Waals surface area contributed by atoms with Crippen LogP contribution in [0.5, 0.6) is 0 Å². The van der Waals surface area contributed by atoms with Gasteiger partial charge in [-0.2, -0.15) is 8.78 Å². The van der Waals surface area contributed by atoms with Crippen LogP contribution in [-0.2, 0) is 18.6 Å². The molecule has 0 aliphatic heterocycles. The van der Waals surface area contributed by atoms with E-state index >= 15 is 0 Å². The maximum atomic E-state index is 13.6. The van der Waals surface area contributed by atoms with E-state index in [2.05, 4.69) is 20.6 Å². The fourth-order valence-corrected chi connectivity index (χ4v) is 1.47. The average Bonchev–Trinajstić information content (AvgIpc) is 2.25. The van der Waals surface area contributed by atoms with Gasteiger partial charge in [0, 0.05) is 0 Å². The second-order valence-corrected chi connectivity index (χ2v) is 4.62. The summed E-state index contributed by atoms with van der Waals surface area (Å²) in [5.41, 5.74) is 0. The van der Waals surface area contributed by atoms with Crippen LogP contribution < -0.4 is 0 Å². The summed E-state index contributed by atoms with van der Waals surface area (Å²) in [4.78, 5) is 17.2. The number of terminal acetylenes is 1. The van der Waals surface area contributed by atoms with Crippen LogP contribution in [0.3, 0.4) is 0 Å². The van der Waals surface area contributed by atoms with Crippen molar-refractivity contribution >= 4 is 7.82 Å². The monoisotopic (exact) mass is 300 g/mol. The molecular formula is C10H15F2O6P. The van der Waals surface area contributed by atoms with Crippen LogP contribution in [0.1, 0.15) is 6.92 Å². The van der Waals surface area contributed by atoms with Gasteiger partial charge in [0.2, 0.25) is 0 Å². The normalized spacial score (nSPS) is 15.6. The van der Waals surface area contributed by atoms with Gasteiger partial charge in [-0.1, -0.05) is 12.0 Å². The highest BCUT2D eigenvalue weighted by Crippen LogP contribution is 2.41. The smallest absolute Gasteiger partial charge is 0.366 e. The van der Waals surface area contributed by atoms with Crippen LogP contribution in [0.25, 0.3) is 0 Å². The molecule has 0 fully saturated rings. The minimum atomic E-state index is -5.14. The number of ether oxygens (including phenoxy) is 2. The van der Waals surface area contributed by atoms with Crippen LogP contribution in [0, 0.1) is 12.3 Å². The molecule has 0 radical (unpaired) electrons. The number of hydrogen-bond donors (Lipinski definition) is 2. The van der Waals surface area contributed by atoms with E-state index in [-0.39, 0.29) is 6.61 Å². The van der Waals surface area contributed by atoms with Crippen molar-refractivity contribution in [1.82, 2.24) is 0 Å². The highest BCUT2D eigenvalue weighted by Gasteiger charge is 2.46. The molecule has 0 aromatic heterocycles. The Kier molecular flexibility index (Phi) is 7.37. The second-order valence-electron chi connectivity index (χ2n) is 3.42. The molecule has 0 aliphatic carbocycles. The van der Waals surface area contributed by atoms with Gasteiger partial charge in [0.25, 0.3) is 0 Å². The maximum Gasteiger partial charge on any atom is 0.470 e. The molecule has 9 heteroatoms. The van der Waals surface area contributed by atoms with E-state index < -0.39 is 32.7 Å². The molecular weight excluding hydrogens is 285 g/mol. The zero-order valence-corrected chi connectivity index (χ0v) is 11.1. The molecule has 0 spiro atoms. The Morgan fingerprint density at radius 2 is 2.16 bits per heavy atom. The maximum absolute atomic E-state index is 13.6. The summed E-state index contributed by atoms with van der Waals surface area (Å²) in [7, 11) is -5.14. The molecule has 2 atom stereocenters. The van der Waals surface area contributed by atoms with Crippen LogP contribution in [0.15, 0.2) is 12.7 Å². The van der Waals surface area contributed by atoms with Gasteiger partial charge in [0.15, 0.2) is 6.10 Å². The van der Waals surface area contributed by atoms with Gasteiger partial charge in [-0.15, -0.1) is 13.0 Å². The third-order valence-corrected chi connectivity index (χ3v) is 2.30. The van der Waals surface area contributed by atoms with E-state index in [0.29, 0.717) is 0 Å². The van der Waals surface area contributed by atoms with E-state index in [0.717, 1.165) is 6.08 Å². The van der Waals surface area contributed by atoms with Gasteiger partial charge >= 0.3 is 13.9 Å². The van der Waals surface area contributed by atoms with Crippen LogP contribution in [-0.4, -0.2) is 41.3 Å². The highest BCUT2D eigenvalue weighted by molar-refractivity contribution is 7.46. The second kappa shape index (κ2) is 7.70. The first-order valence-corrected chi connectivity index (χ1v) is 6.58. The minimum absolute atomic E-state index is 0.311. The van der Waals surface area contributed by atoms with E-state index in [1.807, 2.05) is 5.92 Å². The Hall–Kier alpha value is -0.810. The quantitative estimate of drug-likeness (QED) is 0.289. The molecule has 2 N–H and O–H groups in total. The number of alkyl halides is 2. The van der Waals surface area contributed by atoms with Crippen LogP contribution in [0.4, 0.5) is 8.78 Å². The van der Waals surface area contributed by atoms with Gasteiger partial charge in [-0.05, 0) is 6.92 Å². The fourth-order valence-electron chi connectivity index (χ4n) is 0.951. The Bertz CT molecular complexity index is 375. The van der Waals surface area contributed by atoms with Crippen molar-refractivity contribution in [2.75, 3.05) is 13.2 Å². The van der Waals surface area contributed by atoms with E-state index in [9.17, 15) is 13.3 Å². The molecule has 6 nitrogen and oxygen atoms in total. The highest BCUT2D eigenvalue weighted by atomic mass is 31.2. The summed E-state index contributed by atoms with van der Waals surface area (Å²) in [6, 6.07) is 0. The van der Waals surface area contributed by atoms with E-state index in [4.69, 9.17) is 16.2 Å². The molecule has 110 valence electrons. The molecule has 0 amide bonds. The summed E-state index contributed by atoms with van der Waals surface area (Å²) in [5, 5.41) is 0.